The Bertz CT molecular complexity index is 1090. The number of non-ortho nitro benzene ring substituents is 1. The topological polar surface area (TPSA) is 119 Å². The molecule has 9 nitrogen and oxygen atoms in total. The minimum Gasteiger partial charge on any atom is -0.456 e. The number of nitro benzene ring substituents is 2. The number of hydrogen-bond acceptors (Lipinski definition) is 7. The molecule has 9 heteroatoms. The van der Waals surface area contributed by atoms with Crippen LogP contribution in [-0.2, 0) is 12.0 Å². The third kappa shape index (κ3) is 2.37. The molecule has 0 radical (unpaired) electrons. The minimum atomic E-state index is -1.10. The predicted molar refractivity (Wildman–Crippen MR) is 106 cm³/mol. The molecule has 2 aromatic rings. The smallest absolute Gasteiger partial charge is 0.318 e. The first kappa shape index (κ1) is 18.9. The normalized spacial score (nSPS) is 20.9. The zero-order valence-electron chi connectivity index (χ0n) is 16.1. The third-order valence-electron chi connectivity index (χ3n) is 5.92. The van der Waals surface area contributed by atoms with Crippen molar-refractivity contribution in [2.75, 3.05) is 11.9 Å². The second-order valence-electron chi connectivity index (χ2n) is 7.68. The van der Waals surface area contributed by atoms with Gasteiger partial charge in [0.05, 0.1) is 27.9 Å². The lowest BCUT2D eigenvalue weighted by Crippen LogP contribution is -2.58. The van der Waals surface area contributed by atoms with E-state index in [-0.39, 0.29) is 23.6 Å². The minimum absolute atomic E-state index is 0.0126. The van der Waals surface area contributed by atoms with Gasteiger partial charge in [-0.3, -0.25) is 20.2 Å². The van der Waals surface area contributed by atoms with Crippen LogP contribution in [-0.4, -0.2) is 27.7 Å². The number of nitrogens with zero attached hydrogens (tertiary/aromatic N) is 3. The first-order valence-electron chi connectivity index (χ1n) is 8.96. The molecule has 0 aromatic heterocycles. The van der Waals surface area contributed by atoms with Gasteiger partial charge in [-0.1, -0.05) is 12.1 Å². The maximum atomic E-state index is 11.6. The van der Waals surface area contributed by atoms with Crippen LogP contribution in [0.3, 0.4) is 0 Å². The van der Waals surface area contributed by atoms with E-state index >= 15 is 0 Å². The number of benzene rings is 2. The molecule has 0 saturated carbocycles. The number of anilines is 1. The maximum Gasteiger partial charge on any atom is 0.318 e. The van der Waals surface area contributed by atoms with Crippen LogP contribution < -0.4 is 9.64 Å². The van der Waals surface area contributed by atoms with Gasteiger partial charge in [-0.2, -0.15) is 0 Å². The summed E-state index contributed by atoms with van der Waals surface area (Å²) in [5, 5.41) is 32.7. The lowest BCUT2D eigenvalue weighted by molar-refractivity contribution is -0.395. The lowest BCUT2D eigenvalue weighted by Gasteiger charge is -2.45. The molecule has 4 rings (SSSR count). The van der Waals surface area contributed by atoms with Gasteiger partial charge < -0.3 is 14.7 Å². The van der Waals surface area contributed by atoms with Crippen molar-refractivity contribution in [3.63, 3.8) is 0 Å². The van der Waals surface area contributed by atoms with Crippen LogP contribution in [0, 0.1) is 20.2 Å². The number of aliphatic hydroxyl groups excluding tert-OH is 1. The van der Waals surface area contributed by atoms with Crippen molar-refractivity contribution in [1.82, 2.24) is 0 Å². The Morgan fingerprint density at radius 3 is 2.52 bits per heavy atom. The van der Waals surface area contributed by atoms with Gasteiger partial charge in [0.1, 0.15) is 0 Å². The summed E-state index contributed by atoms with van der Waals surface area (Å²) in [5.41, 5.74) is 0.150. The summed E-state index contributed by atoms with van der Waals surface area (Å²) in [6, 6.07) is 7.75. The first-order chi connectivity index (χ1) is 13.6. The summed E-state index contributed by atoms with van der Waals surface area (Å²) >= 11 is 0. The Hall–Kier alpha value is -3.46. The second kappa shape index (κ2) is 6.02. The molecular formula is C20H19N3O6. The molecule has 150 valence electrons. The van der Waals surface area contributed by atoms with Crippen molar-refractivity contribution < 1.29 is 19.7 Å². The van der Waals surface area contributed by atoms with E-state index in [0.29, 0.717) is 0 Å². The Morgan fingerprint density at radius 1 is 1.17 bits per heavy atom. The van der Waals surface area contributed by atoms with E-state index in [1.807, 2.05) is 44.0 Å². The highest BCUT2D eigenvalue weighted by Gasteiger charge is 2.59. The zero-order valence-corrected chi connectivity index (χ0v) is 16.1. The van der Waals surface area contributed by atoms with Gasteiger partial charge in [0.2, 0.25) is 11.5 Å². The molecule has 0 saturated heterocycles. The van der Waals surface area contributed by atoms with Gasteiger partial charge in [-0.05, 0) is 43.2 Å². The van der Waals surface area contributed by atoms with Gasteiger partial charge >= 0.3 is 5.69 Å². The molecule has 1 N–H and O–H groups in total. The molecule has 0 fully saturated rings. The third-order valence-corrected chi connectivity index (χ3v) is 5.92. The van der Waals surface area contributed by atoms with Gasteiger partial charge in [0.15, 0.2) is 0 Å². The Balaban J connectivity index is 1.94. The molecule has 1 atom stereocenters. The standard InChI is InChI=1S/C20H19N3O6/c1-19(2)17-13(11-24)5-4-6-15(17)21(3)20(19)8-7-12-9-14(22(25)26)10-16(23(27)28)18(12)29-20/h4-10,24H,11H2,1-3H3. The Labute approximate surface area is 166 Å². The van der Waals surface area contributed by atoms with E-state index in [9.17, 15) is 25.3 Å². The van der Waals surface area contributed by atoms with E-state index in [0.717, 1.165) is 22.9 Å². The molecule has 0 aliphatic carbocycles. The van der Waals surface area contributed by atoms with Crippen molar-refractivity contribution in [1.29, 1.82) is 0 Å². The molecule has 0 amide bonds. The SMILES string of the molecule is CN1c2cccc(CO)c2C(C)(C)C12C=Cc1cc([N+](=O)[O-])cc([N+](=O)[O-])c1O2. The zero-order chi connectivity index (χ0) is 21.1. The van der Waals surface area contributed by atoms with Gasteiger partial charge in [0, 0.05) is 24.4 Å². The molecule has 1 spiro atoms. The average molecular weight is 397 g/mol. The monoisotopic (exact) mass is 397 g/mol. The quantitative estimate of drug-likeness (QED) is 0.621. The fourth-order valence-corrected chi connectivity index (χ4v) is 4.50. The van der Waals surface area contributed by atoms with Gasteiger partial charge in [0.25, 0.3) is 5.69 Å². The van der Waals surface area contributed by atoms with Crippen molar-refractivity contribution in [2.24, 2.45) is 0 Å². The lowest BCUT2D eigenvalue weighted by atomic mass is 9.74. The van der Waals surface area contributed by atoms with E-state index in [2.05, 4.69) is 0 Å². The second-order valence-corrected chi connectivity index (χ2v) is 7.68. The van der Waals surface area contributed by atoms with Crippen molar-refractivity contribution >= 4 is 23.1 Å². The van der Waals surface area contributed by atoms with Gasteiger partial charge in [-0.25, -0.2) is 0 Å². The Kier molecular flexibility index (Phi) is 3.92. The van der Waals surface area contributed by atoms with Crippen LogP contribution in [0.4, 0.5) is 17.1 Å². The highest BCUT2D eigenvalue weighted by atomic mass is 16.6. The highest BCUT2D eigenvalue weighted by Crippen LogP contribution is 2.56. The van der Waals surface area contributed by atoms with Crippen LogP contribution >= 0.6 is 0 Å². The highest BCUT2D eigenvalue weighted by molar-refractivity contribution is 5.76. The number of rotatable bonds is 3. The van der Waals surface area contributed by atoms with E-state index in [4.69, 9.17) is 4.74 Å². The predicted octanol–water partition coefficient (Wildman–Crippen LogP) is 3.52. The first-order valence-corrected chi connectivity index (χ1v) is 8.96. The molecule has 2 aromatic carbocycles. The largest absolute Gasteiger partial charge is 0.456 e. The van der Waals surface area contributed by atoms with Crippen LogP contribution in [0.1, 0.15) is 30.5 Å². The molecule has 2 heterocycles. The van der Waals surface area contributed by atoms with E-state index in [1.165, 1.54) is 6.07 Å². The van der Waals surface area contributed by atoms with Crippen LogP contribution in [0.2, 0.25) is 0 Å². The number of nitro groups is 2. The van der Waals surface area contributed by atoms with Crippen LogP contribution in [0.5, 0.6) is 5.75 Å². The summed E-state index contributed by atoms with van der Waals surface area (Å²) in [5.74, 6) is -0.0126. The number of aliphatic hydroxyl groups is 1. The fourth-order valence-electron chi connectivity index (χ4n) is 4.50. The molecule has 0 bridgehead atoms. The number of hydrogen-bond donors (Lipinski definition) is 1. The number of ether oxygens (including phenoxy) is 1. The van der Waals surface area contributed by atoms with Gasteiger partial charge in [-0.15, -0.1) is 0 Å². The van der Waals surface area contributed by atoms with E-state index < -0.39 is 26.7 Å². The van der Waals surface area contributed by atoms with Crippen LogP contribution in [0.15, 0.2) is 36.4 Å². The van der Waals surface area contributed by atoms with Crippen molar-refractivity contribution in [3.05, 3.63) is 73.3 Å². The molecule has 1 unspecified atom stereocenters. The maximum absolute atomic E-state index is 11.6. The van der Waals surface area contributed by atoms with Crippen molar-refractivity contribution in [2.45, 2.75) is 31.6 Å². The fraction of sp³-hybridized carbons (Fsp3) is 0.300. The number of fused-ring (bicyclic) bond motifs is 2. The molecule has 29 heavy (non-hydrogen) atoms. The van der Waals surface area contributed by atoms with Crippen molar-refractivity contribution in [3.8, 4) is 5.75 Å². The Morgan fingerprint density at radius 2 is 1.90 bits per heavy atom. The number of likely N-dealkylation sites (N-methyl/N-ethyl adjacent to an activating group) is 1. The summed E-state index contributed by atoms with van der Waals surface area (Å²) in [6.07, 6.45) is 3.39. The summed E-state index contributed by atoms with van der Waals surface area (Å²) in [6.45, 7) is 3.74. The van der Waals surface area contributed by atoms with Crippen LogP contribution in [0.25, 0.3) is 6.08 Å². The molecule has 2 aliphatic rings. The van der Waals surface area contributed by atoms with E-state index in [1.54, 1.807) is 12.2 Å². The average Bonchev–Trinajstić information content (AvgIpc) is 2.85. The molecular weight excluding hydrogens is 378 g/mol. The summed E-state index contributed by atoms with van der Waals surface area (Å²) in [4.78, 5) is 23.4. The summed E-state index contributed by atoms with van der Waals surface area (Å²) in [7, 11) is 1.82. The molecule has 2 aliphatic heterocycles. The summed E-state index contributed by atoms with van der Waals surface area (Å²) < 4.78 is 6.31.